The van der Waals surface area contributed by atoms with Crippen LogP contribution in [0.2, 0.25) is 0 Å². The summed E-state index contributed by atoms with van der Waals surface area (Å²) in [5, 5.41) is 0.327. The van der Waals surface area contributed by atoms with Crippen molar-refractivity contribution in [1.82, 2.24) is 0 Å². The molecular weight excluding hydrogens is 160 g/mol. The van der Waals surface area contributed by atoms with Gasteiger partial charge in [-0.3, -0.25) is 0 Å². The van der Waals surface area contributed by atoms with Crippen LogP contribution in [0, 0.1) is 5.41 Å². The van der Waals surface area contributed by atoms with Crippen molar-refractivity contribution in [3.05, 3.63) is 0 Å². The van der Waals surface area contributed by atoms with E-state index in [1.165, 1.54) is 0 Å². The molecule has 11 heavy (non-hydrogen) atoms. The summed E-state index contributed by atoms with van der Waals surface area (Å²) in [5.74, 6) is 0. The second kappa shape index (κ2) is 3.32. The van der Waals surface area contributed by atoms with E-state index in [1.54, 1.807) is 0 Å². The minimum Gasteiger partial charge on any atom is -0.378 e. The zero-order valence-corrected chi connectivity index (χ0v) is 8.32. The molecule has 0 aromatic rings. The van der Waals surface area contributed by atoms with E-state index in [9.17, 15) is 0 Å². The van der Waals surface area contributed by atoms with Gasteiger partial charge < -0.3 is 4.74 Å². The highest BCUT2D eigenvalue weighted by molar-refractivity contribution is 6.20. The molecule has 1 heterocycles. The Bertz CT molecular complexity index is 128. The summed E-state index contributed by atoms with van der Waals surface area (Å²) >= 11 is 6.04. The van der Waals surface area contributed by atoms with Gasteiger partial charge in [-0.25, -0.2) is 0 Å². The first-order chi connectivity index (χ1) is 5.00. The van der Waals surface area contributed by atoms with Crippen molar-refractivity contribution in [2.45, 2.75) is 45.1 Å². The number of halogens is 1. The molecule has 2 heteroatoms. The summed E-state index contributed by atoms with van der Waals surface area (Å²) in [4.78, 5) is 0. The van der Waals surface area contributed by atoms with E-state index in [0.29, 0.717) is 11.5 Å². The molecule has 2 atom stereocenters. The molecule has 0 radical (unpaired) electrons. The monoisotopic (exact) mass is 176 g/mol. The van der Waals surface area contributed by atoms with E-state index >= 15 is 0 Å². The molecule has 0 amide bonds. The molecule has 1 aliphatic heterocycles. The molecule has 0 saturated carbocycles. The van der Waals surface area contributed by atoms with Gasteiger partial charge in [-0.2, -0.15) is 0 Å². The molecule has 2 unspecified atom stereocenters. The lowest BCUT2D eigenvalue weighted by molar-refractivity contribution is -0.0458. The SMILES string of the molecule is CC(C)(C)C1CC(Cl)CCO1. The third-order valence-electron chi connectivity index (χ3n) is 2.19. The zero-order chi connectivity index (χ0) is 8.48. The highest BCUT2D eigenvalue weighted by Crippen LogP contribution is 2.31. The van der Waals surface area contributed by atoms with Gasteiger partial charge in [0.1, 0.15) is 0 Å². The first kappa shape index (κ1) is 9.34. The van der Waals surface area contributed by atoms with Gasteiger partial charge in [0.2, 0.25) is 0 Å². The second-order valence-electron chi connectivity index (χ2n) is 4.35. The van der Waals surface area contributed by atoms with Gasteiger partial charge in [-0.15, -0.1) is 11.6 Å². The van der Waals surface area contributed by atoms with Crippen LogP contribution < -0.4 is 0 Å². The van der Waals surface area contributed by atoms with Gasteiger partial charge in [0, 0.05) is 12.0 Å². The Morgan fingerprint density at radius 2 is 2.00 bits per heavy atom. The quantitative estimate of drug-likeness (QED) is 0.516. The molecule has 66 valence electrons. The van der Waals surface area contributed by atoms with E-state index in [4.69, 9.17) is 16.3 Å². The smallest absolute Gasteiger partial charge is 0.0637 e. The van der Waals surface area contributed by atoms with Crippen LogP contribution in [0.5, 0.6) is 0 Å². The van der Waals surface area contributed by atoms with E-state index in [-0.39, 0.29) is 5.41 Å². The van der Waals surface area contributed by atoms with Crippen LogP contribution in [0.3, 0.4) is 0 Å². The summed E-state index contributed by atoms with van der Waals surface area (Å²) in [5.41, 5.74) is 0.244. The van der Waals surface area contributed by atoms with Gasteiger partial charge in [-0.1, -0.05) is 20.8 Å². The van der Waals surface area contributed by atoms with Crippen LogP contribution in [0.25, 0.3) is 0 Å². The molecular formula is C9H17ClO. The minimum atomic E-state index is 0.244. The largest absolute Gasteiger partial charge is 0.378 e. The van der Waals surface area contributed by atoms with Crippen LogP contribution >= 0.6 is 11.6 Å². The van der Waals surface area contributed by atoms with Gasteiger partial charge >= 0.3 is 0 Å². The average molecular weight is 177 g/mol. The predicted molar refractivity (Wildman–Crippen MR) is 48.1 cm³/mol. The molecule has 1 rings (SSSR count). The number of hydrogen-bond donors (Lipinski definition) is 0. The van der Waals surface area contributed by atoms with Gasteiger partial charge in [0.15, 0.2) is 0 Å². The maximum absolute atomic E-state index is 6.04. The van der Waals surface area contributed by atoms with Crippen molar-refractivity contribution in [2.24, 2.45) is 5.41 Å². The number of ether oxygens (including phenoxy) is 1. The fraction of sp³-hybridized carbons (Fsp3) is 1.00. The molecule has 0 aromatic heterocycles. The van der Waals surface area contributed by atoms with Crippen LogP contribution in [-0.4, -0.2) is 18.1 Å². The topological polar surface area (TPSA) is 9.23 Å². The average Bonchev–Trinajstić information content (AvgIpc) is 1.86. The Kier molecular flexibility index (Phi) is 2.82. The Morgan fingerprint density at radius 3 is 2.36 bits per heavy atom. The molecule has 1 nitrogen and oxygen atoms in total. The summed E-state index contributed by atoms with van der Waals surface area (Å²) in [7, 11) is 0. The van der Waals surface area contributed by atoms with Gasteiger partial charge in [0.05, 0.1) is 6.10 Å². The highest BCUT2D eigenvalue weighted by atomic mass is 35.5. The lowest BCUT2D eigenvalue weighted by Crippen LogP contribution is -2.36. The number of rotatable bonds is 0. The fourth-order valence-corrected chi connectivity index (χ4v) is 1.61. The molecule has 0 bridgehead atoms. The summed E-state index contributed by atoms with van der Waals surface area (Å²) in [6, 6.07) is 0. The zero-order valence-electron chi connectivity index (χ0n) is 7.56. The first-order valence-electron chi connectivity index (χ1n) is 4.26. The Labute approximate surface area is 74.1 Å². The van der Waals surface area contributed by atoms with Crippen molar-refractivity contribution < 1.29 is 4.74 Å². The van der Waals surface area contributed by atoms with E-state index in [0.717, 1.165) is 19.4 Å². The Balaban J connectivity index is 2.46. The van der Waals surface area contributed by atoms with E-state index < -0.39 is 0 Å². The first-order valence-corrected chi connectivity index (χ1v) is 4.69. The normalized spacial score (nSPS) is 33.8. The summed E-state index contributed by atoms with van der Waals surface area (Å²) < 4.78 is 5.63. The van der Waals surface area contributed by atoms with Crippen molar-refractivity contribution in [3.63, 3.8) is 0 Å². The van der Waals surface area contributed by atoms with Crippen LogP contribution in [0.15, 0.2) is 0 Å². The van der Waals surface area contributed by atoms with Crippen molar-refractivity contribution in [1.29, 1.82) is 0 Å². The second-order valence-corrected chi connectivity index (χ2v) is 4.96. The van der Waals surface area contributed by atoms with Crippen LogP contribution in [0.4, 0.5) is 0 Å². The third kappa shape index (κ3) is 2.64. The van der Waals surface area contributed by atoms with Crippen molar-refractivity contribution >= 4 is 11.6 Å². The molecule has 0 aliphatic carbocycles. The van der Waals surface area contributed by atoms with Crippen molar-refractivity contribution in [3.8, 4) is 0 Å². The molecule has 0 aromatic carbocycles. The molecule has 0 N–H and O–H groups in total. The number of alkyl halides is 1. The molecule has 1 saturated heterocycles. The Hall–Kier alpha value is 0.250. The lowest BCUT2D eigenvalue weighted by Gasteiger charge is -2.35. The van der Waals surface area contributed by atoms with Crippen LogP contribution in [-0.2, 0) is 4.74 Å². The molecule has 0 spiro atoms. The maximum Gasteiger partial charge on any atom is 0.0637 e. The van der Waals surface area contributed by atoms with Crippen molar-refractivity contribution in [2.75, 3.05) is 6.61 Å². The van der Waals surface area contributed by atoms with Gasteiger partial charge in [0.25, 0.3) is 0 Å². The number of hydrogen-bond acceptors (Lipinski definition) is 1. The lowest BCUT2D eigenvalue weighted by atomic mass is 9.85. The standard InChI is InChI=1S/C9H17ClO/c1-9(2,3)8-6-7(10)4-5-11-8/h7-8H,4-6H2,1-3H3. The maximum atomic E-state index is 6.04. The van der Waals surface area contributed by atoms with E-state index in [1.807, 2.05) is 0 Å². The fourth-order valence-electron chi connectivity index (χ4n) is 1.36. The Morgan fingerprint density at radius 1 is 1.36 bits per heavy atom. The predicted octanol–water partition coefficient (Wildman–Crippen LogP) is 2.82. The summed E-state index contributed by atoms with van der Waals surface area (Å²) in [6.07, 6.45) is 2.36. The van der Waals surface area contributed by atoms with Gasteiger partial charge in [-0.05, 0) is 18.3 Å². The molecule has 1 aliphatic rings. The minimum absolute atomic E-state index is 0.244. The summed E-state index contributed by atoms with van der Waals surface area (Å²) in [6.45, 7) is 7.43. The van der Waals surface area contributed by atoms with E-state index in [2.05, 4.69) is 20.8 Å². The molecule has 1 fully saturated rings. The van der Waals surface area contributed by atoms with Crippen LogP contribution in [0.1, 0.15) is 33.6 Å². The highest BCUT2D eigenvalue weighted by Gasteiger charge is 2.30. The third-order valence-corrected chi connectivity index (χ3v) is 2.58.